The first-order valence-electron chi connectivity index (χ1n) is 11.6. The van der Waals surface area contributed by atoms with Crippen molar-refractivity contribution in [2.24, 2.45) is 0 Å². The molecule has 1 saturated heterocycles. The van der Waals surface area contributed by atoms with Crippen molar-refractivity contribution in [1.82, 2.24) is 35.0 Å². The molecular weight excluding hydrogens is 523 g/mol. The van der Waals surface area contributed by atoms with Crippen LogP contribution < -0.4 is 0 Å². The van der Waals surface area contributed by atoms with Crippen LogP contribution in [0.4, 0.5) is 13.2 Å². The summed E-state index contributed by atoms with van der Waals surface area (Å²) in [5.41, 5.74) is 2.44. The lowest BCUT2D eigenvalue weighted by atomic mass is 9.98. The molecule has 6 rings (SSSR count). The highest BCUT2D eigenvalue weighted by Crippen LogP contribution is 2.37. The molecule has 0 saturated carbocycles. The Kier molecular flexibility index (Phi) is 6.18. The summed E-state index contributed by atoms with van der Waals surface area (Å²) in [6.45, 7) is 1.45. The average Bonchev–Trinajstić information content (AvgIpc) is 3.65. The summed E-state index contributed by atoms with van der Waals surface area (Å²) in [6.07, 6.45) is 0.221. The number of aromatic nitrogens is 7. The van der Waals surface area contributed by atoms with Crippen molar-refractivity contribution in [2.45, 2.75) is 37.8 Å². The molecule has 1 aliphatic heterocycles. The van der Waals surface area contributed by atoms with Gasteiger partial charge in [-0.25, -0.2) is 27.5 Å². The minimum Gasteiger partial charge on any atom is -0.394 e. The molecule has 2 aromatic carbocycles. The number of benzene rings is 2. The van der Waals surface area contributed by atoms with Gasteiger partial charge in [0.1, 0.15) is 17.9 Å². The first-order valence-corrected chi connectivity index (χ1v) is 12.4. The van der Waals surface area contributed by atoms with Gasteiger partial charge in [-0.3, -0.25) is 0 Å². The molecule has 0 aliphatic carbocycles. The van der Waals surface area contributed by atoms with E-state index in [9.17, 15) is 23.4 Å². The van der Waals surface area contributed by atoms with Crippen molar-refractivity contribution >= 4 is 21.6 Å². The smallest absolute Gasteiger partial charge is 0.194 e. The molecule has 4 unspecified atom stereocenters. The number of ether oxygens (including phenoxy) is 1. The first kappa shape index (κ1) is 24.6. The van der Waals surface area contributed by atoms with Crippen molar-refractivity contribution in [1.29, 1.82) is 0 Å². The number of thiazole rings is 1. The average molecular weight is 544 g/mol. The molecule has 1 fully saturated rings. The Balaban J connectivity index is 1.33. The van der Waals surface area contributed by atoms with Crippen molar-refractivity contribution in [3.8, 4) is 22.5 Å². The van der Waals surface area contributed by atoms with Crippen LogP contribution in [-0.2, 0) is 4.74 Å². The second-order valence-corrected chi connectivity index (χ2v) is 10.2. The predicted octanol–water partition coefficient (Wildman–Crippen LogP) is 3.42. The van der Waals surface area contributed by atoms with E-state index in [1.54, 1.807) is 22.2 Å². The van der Waals surface area contributed by atoms with Gasteiger partial charge in [-0.05, 0) is 31.2 Å². The topological polar surface area (TPSA) is 124 Å². The summed E-state index contributed by atoms with van der Waals surface area (Å²) in [6, 6.07) is 6.68. The van der Waals surface area contributed by atoms with E-state index in [4.69, 9.17) is 4.74 Å². The molecule has 196 valence electrons. The van der Waals surface area contributed by atoms with E-state index in [0.29, 0.717) is 5.69 Å². The highest BCUT2D eigenvalue weighted by atomic mass is 32.1. The van der Waals surface area contributed by atoms with E-state index in [1.165, 1.54) is 10.9 Å². The Morgan fingerprint density at radius 2 is 1.89 bits per heavy atom. The van der Waals surface area contributed by atoms with E-state index in [-0.39, 0.29) is 17.7 Å². The number of hydrogen-bond donors (Lipinski definition) is 2. The molecule has 10 nitrogen and oxygen atoms in total. The largest absolute Gasteiger partial charge is 0.394 e. The molecule has 0 bridgehead atoms. The van der Waals surface area contributed by atoms with Gasteiger partial charge in [-0.1, -0.05) is 16.5 Å². The summed E-state index contributed by atoms with van der Waals surface area (Å²) >= 11 is 1.57. The zero-order chi connectivity index (χ0) is 26.6. The van der Waals surface area contributed by atoms with E-state index in [0.717, 1.165) is 32.9 Å². The van der Waals surface area contributed by atoms with Gasteiger partial charge in [0.15, 0.2) is 23.7 Å². The van der Waals surface area contributed by atoms with Crippen molar-refractivity contribution in [3.05, 3.63) is 65.2 Å². The number of rotatable bonds is 5. The highest BCUT2D eigenvalue weighted by molar-refractivity contribution is 7.18. The summed E-state index contributed by atoms with van der Waals surface area (Å²) < 4.78 is 50.8. The number of halogens is 3. The number of nitrogens with zero attached hydrogens (tertiary/aromatic N) is 7. The lowest BCUT2D eigenvalue weighted by Gasteiger charge is -2.38. The van der Waals surface area contributed by atoms with Crippen molar-refractivity contribution < 1.29 is 28.1 Å². The third kappa shape index (κ3) is 4.24. The molecule has 1 aliphatic rings. The second-order valence-electron chi connectivity index (χ2n) is 8.92. The van der Waals surface area contributed by atoms with Crippen LogP contribution in [0.15, 0.2) is 42.7 Å². The summed E-state index contributed by atoms with van der Waals surface area (Å²) in [5.74, 6) is -4.29. The molecule has 14 heteroatoms. The van der Waals surface area contributed by atoms with Gasteiger partial charge in [0.2, 0.25) is 0 Å². The van der Waals surface area contributed by atoms with Gasteiger partial charge in [0.05, 0.1) is 46.0 Å². The molecule has 5 aromatic rings. The molecule has 0 spiro atoms. The Morgan fingerprint density at radius 1 is 1.11 bits per heavy atom. The zero-order valence-corrected chi connectivity index (χ0v) is 20.6. The first-order chi connectivity index (χ1) is 18.3. The van der Waals surface area contributed by atoms with Crippen LogP contribution in [0.3, 0.4) is 0 Å². The minimum atomic E-state index is -1.58. The fraction of sp³-hybridized carbons (Fsp3) is 0.292. The standard InChI is InChI=1S/C24H20F3N7O3S/c1-11-29-16-3-2-12(6-21(16)38-11)19-8-28-31-34(19)22-7-18(24(36)20(10-35)37-22)33-9-17(30-32-33)13-4-14(25)23(27)15(26)5-13/h2-6,8-9,18,20,22,24,35-36H,7,10H2,1H3. The fourth-order valence-electron chi connectivity index (χ4n) is 4.64. The van der Waals surface area contributed by atoms with Gasteiger partial charge >= 0.3 is 0 Å². The Bertz CT molecular complexity index is 1610. The number of hydrogen-bond acceptors (Lipinski definition) is 9. The summed E-state index contributed by atoms with van der Waals surface area (Å²) in [5, 5.41) is 38.0. The van der Waals surface area contributed by atoms with Crippen LogP contribution in [0, 0.1) is 24.4 Å². The van der Waals surface area contributed by atoms with E-state index < -0.39 is 48.5 Å². The van der Waals surface area contributed by atoms with E-state index in [2.05, 4.69) is 25.6 Å². The third-order valence-corrected chi connectivity index (χ3v) is 7.43. The van der Waals surface area contributed by atoms with Gasteiger partial charge in [0.25, 0.3) is 0 Å². The Labute approximate surface area is 216 Å². The molecule has 0 amide bonds. The molecular formula is C24H20F3N7O3S. The van der Waals surface area contributed by atoms with Gasteiger partial charge in [0, 0.05) is 17.5 Å². The quantitative estimate of drug-likeness (QED) is 0.323. The van der Waals surface area contributed by atoms with E-state index in [1.807, 2.05) is 25.1 Å². The SMILES string of the molecule is Cc1nc2ccc(-c3cnnn3C3CC(n4cc(-c5cc(F)c(F)c(F)c5)nn4)C(O)C(CO)O3)cc2s1. The van der Waals surface area contributed by atoms with Crippen LogP contribution >= 0.6 is 11.3 Å². The maximum atomic E-state index is 13.7. The van der Waals surface area contributed by atoms with Gasteiger partial charge in [-0.2, -0.15) is 0 Å². The lowest BCUT2D eigenvalue weighted by Crippen LogP contribution is -2.46. The number of aliphatic hydroxyl groups is 2. The van der Waals surface area contributed by atoms with Crippen LogP contribution in [-0.4, -0.2) is 64.0 Å². The van der Waals surface area contributed by atoms with Crippen molar-refractivity contribution in [2.75, 3.05) is 6.61 Å². The predicted molar refractivity (Wildman–Crippen MR) is 129 cm³/mol. The Hall–Kier alpha value is -3.72. The molecule has 0 radical (unpaired) electrons. The molecule has 2 N–H and O–H groups in total. The molecule has 3 aromatic heterocycles. The third-order valence-electron chi connectivity index (χ3n) is 6.50. The number of fused-ring (bicyclic) bond motifs is 1. The maximum Gasteiger partial charge on any atom is 0.194 e. The molecule has 4 heterocycles. The van der Waals surface area contributed by atoms with Crippen LogP contribution in [0.2, 0.25) is 0 Å². The van der Waals surface area contributed by atoms with Crippen LogP contribution in [0.1, 0.15) is 23.7 Å². The van der Waals surface area contributed by atoms with E-state index >= 15 is 0 Å². The minimum absolute atomic E-state index is 0.0169. The Morgan fingerprint density at radius 3 is 2.66 bits per heavy atom. The maximum absolute atomic E-state index is 13.7. The molecule has 4 atom stereocenters. The normalized spacial score (nSPS) is 21.8. The lowest BCUT2D eigenvalue weighted by molar-refractivity contribution is -0.183. The summed E-state index contributed by atoms with van der Waals surface area (Å²) in [4.78, 5) is 4.48. The molecule has 38 heavy (non-hydrogen) atoms. The van der Waals surface area contributed by atoms with Crippen molar-refractivity contribution in [3.63, 3.8) is 0 Å². The summed E-state index contributed by atoms with van der Waals surface area (Å²) in [7, 11) is 0. The van der Waals surface area contributed by atoms with Gasteiger partial charge < -0.3 is 14.9 Å². The zero-order valence-electron chi connectivity index (χ0n) is 19.7. The van der Waals surface area contributed by atoms with Gasteiger partial charge in [-0.15, -0.1) is 21.5 Å². The fourth-order valence-corrected chi connectivity index (χ4v) is 5.51. The second kappa shape index (κ2) is 9.54. The number of aryl methyl sites for hydroxylation is 1. The monoisotopic (exact) mass is 543 g/mol. The number of aliphatic hydroxyl groups excluding tert-OH is 2. The highest BCUT2D eigenvalue weighted by Gasteiger charge is 2.41. The van der Waals surface area contributed by atoms with Crippen LogP contribution in [0.5, 0.6) is 0 Å². The van der Waals surface area contributed by atoms with Crippen LogP contribution in [0.25, 0.3) is 32.7 Å².